The van der Waals surface area contributed by atoms with Gasteiger partial charge in [-0.25, -0.2) is 4.98 Å². The van der Waals surface area contributed by atoms with Crippen molar-refractivity contribution in [3.8, 4) is 0 Å². The van der Waals surface area contributed by atoms with Gasteiger partial charge in [0.1, 0.15) is 0 Å². The van der Waals surface area contributed by atoms with E-state index in [2.05, 4.69) is 42.2 Å². The van der Waals surface area contributed by atoms with E-state index in [0.717, 1.165) is 6.54 Å². The van der Waals surface area contributed by atoms with Crippen LogP contribution in [0.3, 0.4) is 0 Å². The van der Waals surface area contributed by atoms with E-state index < -0.39 is 0 Å². The van der Waals surface area contributed by atoms with Crippen molar-refractivity contribution in [2.24, 2.45) is 5.41 Å². The fourth-order valence-electron chi connectivity index (χ4n) is 3.48. The third-order valence-corrected chi connectivity index (χ3v) is 6.16. The minimum absolute atomic E-state index is 0.185. The molecule has 0 saturated carbocycles. The van der Waals surface area contributed by atoms with Crippen molar-refractivity contribution < 1.29 is 0 Å². The van der Waals surface area contributed by atoms with Crippen molar-refractivity contribution in [2.75, 3.05) is 26.2 Å². The van der Waals surface area contributed by atoms with Crippen LogP contribution in [0.15, 0.2) is 6.20 Å². The molecule has 2 fully saturated rings. The Hall–Kier alpha value is -0.450. The zero-order chi connectivity index (χ0) is 14.2. The zero-order valence-corrected chi connectivity index (χ0v) is 13.9. The maximum Gasteiger partial charge on any atom is 0.0981 e. The maximum atomic E-state index is 4.62. The zero-order valence-electron chi connectivity index (χ0n) is 13.0. The van der Waals surface area contributed by atoms with E-state index in [9.17, 15) is 0 Å². The number of nitrogens with zero attached hydrogens (tertiary/aromatic N) is 2. The van der Waals surface area contributed by atoms with Crippen LogP contribution in [0.1, 0.15) is 49.9 Å². The van der Waals surface area contributed by atoms with Crippen LogP contribution >= 0.6 is 11.3 Å². The first-order valence-corrected chi connectivity index (χ1v) is 8.67. The average molecular weight is 293 g/mol. The molecule has 1 aromatic rings. The van der Waals surface area contributed by atoms with Gasteiger partial charge in [0.25, 0.3) is 0 Å². The lowest BCUT2D eigenvalue weighted by Crippen LogP contribution is -2.38. The summed E-state index contributed by atoms with van der Waals surface area (Å²) in [6, 6.07) is 0. The molecule has 2 saturated heterocycles. The van der Waals surface area contributed by atoms with Crippen molar-refractivity contribution in [3.05, 3.63) is 16.1 Å². The molecule has 0 amide bonds. The van der Waals surface area contributed by atoms with Crippen molar-refractivity contribution >= 4 is 11.3 Å². The molecule has 0 aliphatic carbocycles. The number of nitrogens with one attached hydrogen (secondary N) is 1. The summed E-state index contributed by atoms with van der Waals surface area (Å²) in [5.41, 5.74) is 0.799. The molecule has 20 heavy (non-hydrogen) atoms. The average Bonchev–Trinajstić information content (AvgIpc) is 2.99. The molecule has 2 aliphatic heterocycles. The minimum atomic E-state index is 0.185. The molecule has 0 bridgehead atoms. The van der Waals surface area contributed by atoms with Gasteiger partial charge in [-0.15, -0.1) is 11.3 Å². The van der Waals surface area contributed by atoms with Crippen LogP contribution < -0.4 is 5.32 Å². The van der Waals surface area contributed by atoms with E-state index in [1.54, 1.807) is 0 Å². The quantitative estimate of drug-likeness (QED) is 0.908. The van der Waals surface area contributed by atoms with Gasteiger partial charge in [0.05, 0.1) is 5.01 Å². The maximum absolute atomic E-state index is 4.62. The smallest absolute Gasteiger partial charge is 0.0981 e. The number of likely N-dealkylation sites (tertiary alicyclic amines) is 1. The largest absolute Gasteiger partial charge is 0.317 e. The number of rotatable bonds is 2. The molecule has 1 spiro atoms. The van der Waals surface area contributed by atoms with Gasteiger partial charge in [0.15, 0.2) is 0 Å². The van der Waals surface area contributed by atoms with Crippen LogP contribution in [-0.4, -0.2) is 36.1 Å². The van der Waals surface area contributed by atoms with E-state index in [-0.39, 0.29) is 5.41 Å². The second-order valence-corrected chi connectivity index (χ2v) is 8.71. The molecule has 1 aromatic heterocycles. The normalized spacial score (nSPS) is 23.6. The molecule has 3 heterocycles. The van der Waals surface area contributed by atoms with Gasteiger partial charge in [-0.2, -0.15) is 0 Å². The first-order chi connectivity index (χ1) is 9.47. The van der Waals surface area contributed by atoms with Crippen LogP contribution in [0.5, 0.6) is 0 Å². The predicted octanol–water partition coefficient (Wildman–Crippen LogP) is 3.02. The molecule has 0 aromatic carbocycles. The summed E-state index contributed by atoms with van der Waals surface area (Å²) in [4.78, 5) is 8.69. The molecule has 3 rings (SSSR count). The monoisotopic (exact) mass is 293 g/mol. The topological polar surface area (TPSA) is 28.2 Å². The van der Waals surface area contributed by atoms with E-state index in [1.807, 2.05) is 11.3 Å². The Morgan fingerprint density at radius 2 is 2.05 bits per heavy atom. The lowest BCUT2D eigenvalue weighted by Gasteiger charge is -2.33. The fourth-order valence-corrected chi connectivity index (χ4v) is 4.49. The van der Waals surface area contributed by atoms with Crippen molar-refractivity contribution in [1.82, 2.24) is 15.2 Å². The number of hydrogen-bond acceptors (Lipinski definition) is 4. The minimum Gasteiger partial charge on any atom is -0.317 e. The van der Waals surface area contributed by atoms with Crippen molar-refractivity contribution in [1.29, 1.82) is 0 Å². The third kappa shape index (κ3) is 3.07. The molecule has 0 radical (unpaired) electrons. The van der Waals surface area contributed by atoms with Gasteiger partial charge in [0.2, 0.25) is 0 Å². The highest BCUT2D eigenvalue weighted by Crippen LogP contribution is 2.39. The highest BCUT2D eigenvalue weighted by Gasteiger charge is 2.38. The Balaban J connectivity index is 1.60. The molecule has 0 unspecified atom stereocenters. The van der Waals surface area contributed by atoms with E-state index in [4.69, 9.17) is 0 Å². The second-order valence-electron chi connectivity index (χ2n) is 7.59. The second kappa shape index (κ2) is 5.39. The summed E-state index contributed by atoms with van der Waals surface area (Å²) < 4.78 is 0. The van der Waals surface area contributed by atoms with E-state index in [1.165, 1.54) is 55.3 Å². The SMILES string of the molecule is CC(C)(C)c1ncc(CN2CCC3(CCNCC3)C2)s1. The van der Waals surface area contributed by atoms with Crippen LogP contribution in [0, 0.1) is 5.41 Å². The lowest BCUT2D eigenvalue weighted by atomic mass is 9.78. The Morgan fingerprint density at radius 1 is 1.30 bits per heavy atom. The first-order valence-electron chi connectivity index (χ1n) is 7.85. The van der Waals surface area contributed by atoms with Gasteiger partial charge in [-0.3, -0.25) is 4.90 Å². The Bertz CT molecular complexity index is 455. The summed E-state index contributed by atoms with van der Waals surface area (Å²) >= 11 is 1.90. The standard InChI is InChI=1S/C16H27N3S/c1-15(2,3)14-18-10-13(20-14)11-19-9-6-16(12-19)4-7-17-8-5-16/h10,17H,4-9,11-12H2,1-3H3. The van der Waals surface area contributed by atoms with Gasteiger partial charge < -0.3 is 5.32 Å². The van der Waals surface area contributed by atoms with Gasteiger partial charge in [-0.05, 0) is 44.3 Å². The lowest BCUT2D eigenvalue weighted by molar-refractivity contribution is 0.194. The fraction of sp³-hybridized carbons (Fsp3) is 0.812. The number of thiazole rings is 1. The summed E-state index contributed by atoms with van der Waals surface area (Å²) in [7, 11) is 0. The number of piperidine rings is 1. The predicted molar refractivity (Wildman–Crippen MR) is 85.2 cm³/mol. The van der Waals surface area contributed by atoms with Crippen LogP contribution in [0.2, 0.25) is 0 Å². The summed E-state index contributed by atoms with van der Waals surface area (Å²) in [5, 5.41) is 4.76. The van der Waals surface area contributed by atoms with Gasteiger partial charge in [-0.1, -0.05) is 20.8 Å². The highest BCUT2D eigenvalue weighted by atomic mass is 32.1. The Labute approximate surface area is 126 Å². The molecular formula is C16H27N3S. The van der Waals surface area contributed by atoms with Crippen LogP contribution in [0.25, 0.3) is 0 Å². The van der Waals surface area contributed by atoms with Crippen molar-refractivity contribution in [3.63, 3.8) is 0 Å². The molecule has 0 atom stereocenters. The summed E-state index contributed by atoms with van der Waals surface area (Å²) in [6.07, 6.45) is 6.21. The Kier molecular flexibility index (Phi) is 3.91. The van der Waals surface area contributed by atoms with Gasteiger partial charge in [0, 0.05) is 29.6 Å². The molecule has 4 heteroatoms. The molecule has 2 aliphatic rings. The van der Waals surface area contributed by atoms with Crippen LogP contribution in [-0.2, 0) is 12.0 Å². The van der Waals surface area contributed by atoms with Crippen LogP contribution in [0.4, 0.5) is 0 Å². The summed E-state index contributed by atoms with van der Waals surface area (Å²) in [6.45, 7) is 12.8. The number of aromatic nitrogens is 1. The molecule has 1 N–H and O–H groups in total. The first kappa shape index (κ1) is 14.5. The third-order valence-electron chi connectivity index (χ3n) is 4.76. The highest BCUT2D eigenvalue weighted by molar-refractivity contribution is 7.11. The summed E-state index contributed by atoms with van der Waals surface area (Å²) in [5.74, 6) is 0. The molecular weight excluding hydrogens is 266 g/mol. The van der Waals surface area contributed by atoms with E-state index in [0.29, 0.717) is 5.41 Å². The van der Waals surface area contributed by atoms with Gasteiger partial charge >= 0.3 is 0 Å². The molecule has 3 nitrogen and oxygen atoms in total. The molecule has 112 valence electrons. The van der Waals surface area contributed by atoms with E-state index >= 15 is 0 Å². The van der Waals surface area contributed by atoms with Crippen molar-refractivity contribution in [2.45, 2.75) is 52.0 Å². The Morgan fingerprint density at radius 3 is 2.70 bits per heavy atom. The number of hydrogen-bond donors (Lipinski definition) is 1.